The molecule has 2 N–H and O–H groups in total. The molecule has 0 spiro atoms. The maximum atomic E-state index is 13.7. The lowest BCUT2D eigenvalue weighted by Crippen LogP contribution is -2.14. The quantitative estimate of drug-likeness (QED) is 0.861. The fourth-order valence-corrected chi connectivity index (χ4v) is 2.24. The van der Waals surface area contributed by atoms with Crippen LogP contribution >= 0.6 is 15.9 Å². The molecule has 0 fully saturated rings. The third-order valence-corrected chi connectivity index (χ3v) is 4.05. The predicted molar refractivity (Wildman–Crippen MR) is 82.7 cm³/mol. The number of nitrogens with one attached hydrogen (secondary N) is 2. The lowest BCUT2D eigenvalue weighted by atomic mass is 10.1. The van der Waals surface area contributed by atoms with Gasteiger partial charge in [0.1, 0.15) is 17.3 Å². The summed E-state index contributed by atoms with van der Waals surface area (Å²) in [4.78, 5) is 12.1. The third-order valence-electron chi connectivity index (χ3n) is 2.99. The van der Waals surface area contributed by atoms with Crippen LogP contribution in [0.3, 0.4) is 0 Å². The molecule has 0 aliphatic rings. The van der Waals surface area contributed by atoms with Crippen LogP contribution in [0.15, 0.2) is 34.8 Å². The Morgan fingerprint density at radius 1 is 1.19 bits per heavy atom. The van der Waals surface area contributed by atoms with Crippen molar-refractivity contribution in [1.82, 2.24) is 0 Å². The molecule has 0 saturated carbocycles. The fraction of sp³-hybridized carbons (Fsp3) is 0.133. The SMILES string of the molecule is CNc1c(F)cc(C(=O)Nc2cccc(C)c2Br)cc1F. The van der Waals surface area contributed by atoms with E-state index in [1.54, 1.807) is 12.1 Å². The highest BCUT2D eigenvalue weighted by Gasteiger charge is 2.15. The summed E-state index contributed by atoms with van der Waals surface area (Å²) in [6.07, 6.45) is 0. The van der Waals surface area contributed by atoms with Gasteiger partial charge < -0.3 is 10.6 Å². The predicted octanol–water partition coefficient (Wildman–Crippen LogP) is 4.33. The molecule has 6 heteroatoms. The Labute approximate surface area is 129 Å². The van der Waals surface area contributed by atoms with E-state index in [-0.39, 0.29) is 11.3 Å². The molecule has 3 nitrogen and oxygen atoms in total. The Kier molecular flexibility index (Phi) is 4.57. The lowest BCUT2D eigenvalue weighted by molar-refractivity contribution is 0.102. The second kappa shape index (κ2) is 6.22. The Bertz CT molecular complexity index is 681. The van der Waals surface area contributed by atoms with E-state index >= 15 is 0 Å². The normalized spacial score (nSPS) is 10.3. The third kappa shape index (κ3) is 3.21. The molecule has 0 aliphatic carbocycles. The van der Waals surface area contributed by atoms with Gasteiger partial charge in [0, 0.05) is 17.1 Å². The van der Waals surface area contributed by atoms with Crippen LogP contribution in [0.4, 0.5) is 20.2 Å². The van der Waals surface area contributed by atoms with Crippen LogP contribution in [0.2, 0.25) is 0 Å². The van der Waals surface area contributed by atoms with Gasteiger partial charge in [-0.1, -0.05) is 12.1 Å². The van der Waals surface area contributed by atoms with Gasteiger partial charge in [-0.25, -0.2) is 8.78 Å². The van der Waals surface area contributed by atoms with Crippen molar-refractivity contribution in [2.45, 2.75) is 6.92 Å². The largest absolute Gasteiger partial charge is 0.383 e. The first-order valence-corrected chi connectivity index (χ1v) is 6.96. The van der Waals surface area contributed by atoms with Crippen molar-refractivity contribution >= 4 is 33.2 Å². The van der Waals surface area contributed by atoms with Crippen LogP contribution in [0.1, 0.15) is 15.9 Å². The van der Waals surface area contributed by atoms with Gasteiger partial charge in [0.25, 0.3) is 5.91 Å². The number of amides is 1. The molecule has 0 bridgehead atoms. The smallest absolute Gasteiger partial charge is 0.255 e. The van der Waals surface area contributed by atoms with E-state index in [1.807, 2.05) is 13.0 Å². The molecule has 0 aliphatic heterocycles. The van der Waals surface area contributed by atoms with E-state index in [1.165, 1.54) is 7.05 Å². The van der Waals surface area contributed by atoms with E-state index in [0.717, 1.165) is 22.2 Å². The number of hydrogen-bond donors (Lipinski definition) is 2. The summed E-state index contributed by atoms with van der Waals surface area (Å²) >= 11 is 3.36. The number of carbonyl (C=O) groups excluding carboxylic acids is 1. The van der Waals surface area contributed by atoms with Crippen molar-refractivity contribution in [1.29, 1.82) is 0 Å². The van der Waals surface area contributed by atoms with Crippen molar-refractivity contribution in [2.75, 3.05) is 17.7 Å². The summed E-state index contributed by atoms with van der Waals surface area (Å²) < 4.78 is 28.1. The van der Waals surface area contributed by atoms with E-state index < -0.39 is 17.5 Å². The average molecular weight is 355 g/mol. The molecule has 0 atom stereocenters. The number of benzene rings is 2. The van der Waals surface area contributed by atoms with Gasteiger partial charge in [0.05, 0.1) is 5.69 Å². The van der Waals surface area contributed by atoms with Crippen LogP contribution in [-0.4, -0.2) is 13.0 Å². The first kappa shape index (κ1) is 15.4. The number of carbonyl (C=O) groups is 1. The number of rotatable bonds is 3. The second-order valence-corrected chi connectivity index (χ2v) is 5.25. The fourth-order valence-electron chi connectivity index (χ4n) is 1.88. The monoisotopic (exact) mass is 354 g/mol. The molecule has 0 heterocycles. The van der Waals surface area contributed by atoms with Gasteiger partial charge in [-0.05, 0) is 46.6 Å². The Morgan fingerprint density at radius 2 is 1.81 bits per heavy atom. The van der Waals surface area contributed by atoms with Gasteiger partial charge in [-0.3, -0.25) is 4.79 Å². The molecular formula is C15H13BrF2N2O. The summed E-state index contributed by atoms with van der Waals surface area (Å²) in [6.45, 7) is 1.88. The van der Waals surface area contributed by atoms with Crippen molar-refractivity contribution in [2.24, 2.45) is 0 Å². The van der Waals surface area contributed by atoms with Crippen LogP contribution in [-0.2, 0) is 0 Å². The Morgan fingerprint density at radius 3 is 2.38 bits per heavy atom. The minimum atomic E-state index is -0.814. The van der Waals surface area contributed by atoms with E-state index in [0.29, 0.717) is 5.69 Å². The molecule has 110 valence electrons. The summed E-state index contributed by atoms with van der Waals surface area (Å²) in [5, 5.41) is 5.03. The number of anilines is 2. The molecule has 2 aromatic carbocycles. The van der Waals surface area contributed by atoms with Gasteiger partial charge in [0.2, 0.25) is 0 Å². The molecule has 21 heavy (non-hydrogen) atoms. The topological polar surface area (TPSA) is 41.1 Å². The summed E-state index contributed by atoms with van der Waals surface area (Å²) in [6, 6.07) is 7.34. The van der Waals surface area contributed by atoms with E-state index in [2.05, 4.69) is 26.6 Å². The second-order valence-electron chi connectivity index (χ2n) is 4.46. The zero-order valence-corrected chi connectivity index (χ0v) is 13.0. The van der Waals surface area contributed by atoms with Crippen LogP contribution in [0, 0.1) is 18.6 Å². The Balaban J connectivity index is 2.31. The standard InChI is InChI=1S/C15H13BrF2N2O/c1-8-4-3-5-12(13(8)16)20-15(21)9-6-10(17)14(19-2)11(18)7-9/h3-7,19H,1-2H3,(H,20,21). The minimum absolute atomic E-state index is 0.0857. The van der Waals surface area contributed by atoms with Crippen LogP contribution in [0.25, 0.3) is 0 Å². The van der Waals surface area contributed by atoms with Crippen molar-refractivity contribution in [3.63, 3.8) is 0 Å². The maximum absolute atomic E-state index is 13.7. The van der Waals surface area contributed by atoms with Crippen LogP contribution in [0.5, 0.6) is 0 Å². The Hall–Kier alpha value is -1.95. The van der Waals surface area contributed by atoms with E-state index in [9.17, 15) is 13.6 Å². The molecule has 2 rings (SSSR count). The first-order chi connectivity index (χ1) is 9.93. The molecular weight excluding hydrogens is 342 g/mol. The zero-order valence-electron chi connectivity index (χ0n) is 11.4. The van der Waals surface area contributed by atoms with Gasteiger partial charge in [0.15, 0.2) is 0 Å². The van der Waals surface area contributed by atoms with Gasteiger partial charge in [-0.2, -0.15) is 0 Å². The summed E-state index contributed by atoms with van der Waals surface area (Å²) in [5.74, 6) is -2.21. The number of halogens is 3. The first-order valence-electron chi connectivity index (χ1n) is 6.17. The summed E-state index contributed by atoms with van der Waals surface area (Å²) in [7, 11) is 1.41. The van der Waals surface area contributed by atoms with Crippen molar-refractivity contribution in [3.8, 4) is 0 Å². The highest BCUT2D eigenvalue weighted by atomic mass is 79.9. The van der Waals surface area contributed by atoms with Crippen LogP contribution < -0.4 is 10.6 Å². The lowest BCUT2D eigenvalue weighted by Gasteiger charge is -2.11. The molecule has 0 saturated heterocycles. The molecule has 0 radical (unpaired) electrons. The minimum Gasteiger partial charge on any atom is -0.383 e. The molecule has 0 aromatic heterocycles. The average Bonchev–Trinajstić information content (AvgIpc) is 2.43. The number of hydrogen-bond acceptors (Lipinski definition) is 2. The molecule has 1 amide bonds. The number of aryl methyl sites for hydroxylation is 1. The van der Waals surface area contributed by atoms with Crippen molar-refractivity contribution < 1.29 is 13.6 Å². The maximum Gasteiger partial charge on any atom is 0.255 e. The van der Waals surface area contributed by atoms with Crippen molar-refractivity contribution in [3.05, 3.63) is 57.6 Å². The molecule has 0 unspecified atom stereocenters. The van der Waals surface area contributed by atoms with E-state index in [4.69, 9.17) is 0 Å². The zero-order chi connectivity index (χ0) is 15.6. The highest BCUT2D eigenvalue weighted by molar-refractivity contribution is 9.10. The van der Waals surface area contributed by atoms with Gasteiger partial charge in [-0.15, -0.1) is 0 Å². The van der Waals surface area contributed by atoms with Gasteiger partial charge >= 0.3 is 0 Å². The summed E-state index contributed by atoms with van der Waals surface area (Å²) in [5.41, 5.74) is 1.13. The highest BCUT2D eigenvalue weighted by Crippen LogP contribution is 2.27. The molecule has 2 aromatic rings.